The number of carbonyl (C=O) groups excluding carboxylic acids is 1. The van der Waals surface area contributed by atoms with E-state index in [0.717, 1.165) is 25.3 Å². The summed E-state index contributed by atoms with van der Waals surface area (Å²) >= 11 is 0. The Morgan fingerprint density at radius 2 is 2.11 bits per heavy atom. The summed E-state index contributed by atoms with van der Waals surface area (Å²) in [5.41, 5.74) is 5.59. The summed E-state index contributed by atoms with van der Waals surface area (Å²) in [4.78, 5) is 11.8. The maximum atomic E-state index is 13.2. The van der Waals surface area contributed by atoms with Gasteiger partial charge in [0.2, 0.25) is 0 Å². The SMILES string of the molecule is CCCCCCC(C)OC(=O)c1ccc(N)c(F)c1. The minimum Gasteiger partial charge on any atom is -0.459 e. The van der Waals surface area contributed by atoms with Gasteiger partial charge in [0.05, 0.1) is 17.4 Å². The number of carbonyl (C=O) groups is 1. The molecule has 0 spiro atoms. The van der Waals surface area contributed by atoms with E-state index in [2.05, 4.69) is 6.92 Å². The zero-order chi connectivity index (χ0) is 14.3. The van der Waals surface area contributed by atoms with Crippen LogP contribution >= 0.6 is 0 Å². The number of hydrogen-bond donors (Lipinski definition) is 1. The minimum atomic E-state index is -0.593. The molecule has 0 amide bonds. The van der Waals surface area contributed by atoms with E-state index < -0.39 is 11.8 Å². The van der Waals surface area contributed by atoms with E-state index in [0.29, 0.717) is 0 Å². The third kappa shape index (κ3) is 5.28. The third-order valence-electron chi connectivity index (χ3n) is 3.01. The molecule has 1 aromatic carbocycles. The molecule has 0 saturated carbocycles. The molecule has 1 atom stereocenters. The molecule has 0 heterocycles. The number of esters is 1. The Morgan fingerprint density at radius 1 is 1.37 bits per heavy atom. The number of halogens is 1. The highest BCUT2D eigenvalue weighted by atomic mass is 19.1. The Bertz CT molecular complexity index is 421. The number of unbranched alkanes of at least 4 members (excludes halogenated alkanes) is 3. The van der Waals surface area contributed by atoms with Crippen molar-refractivity contribution in [1.82, 2.24) is 0 Å². The van der Waals surface area contributed by atoms with Crippen molar-refractivity contribution in [2.24, 2.45) is 0 Å². The van der Waals surface area contributed by atoms with Crippen molar-refractivity contribution < 1.29 is 13.9 Å². The van der Waals surface area contributed by atoms with Gasteiger partial charge >= 0.3 is 5.97 Å². The number of nitrogen functional groups attached to an aromatic ring is 1. The Kier molecular flexibility index (Phi) is 6.33. The fourth-order valence-corrected chi connectivity index (χ4v) is 1.82. The maximum Gasteiger partial charge on any atom is 0.338 e. The number of nitrogens with two attached hydrogens (primary N) is 1. The van der Waals surface area contributed by atoms with Gasteiger partial charge in [-0.1, -0.05) is 26.2 Å². The molecule has 0 aliphatic carbocycles. The summed E-state index contributed by atoms with van der Waals surface area (Å²) in [5, 5.41) is 0. The van der Waals surface area contributed by atoms with Crippen molar-refractivity contribution in [2.75, 3.05) is 5.73 Å². The average molecular weight is 267 g/mol. The first-order valence-corrected chi connectivity index (χ1v) is 6.80. The summed E-state index contributed by atoms with van der Waals surface area (Å²) in [7, 11) is 0. The first kappa shape index (κ1) is 15.5. The topological polar surface area (TPSA) is 52.3 Å². The van der Waals surface area contributed by atoms with Crippen LogP contribution < -0.4 is 5.73 Å². The van der Waals surface area contributed by atoms with Gasteiger partial charge in [0, 0.05) is 0 Å². The first-order chi connectivity index (χ1) is 9.04. The van der Waals surface area contributed by atoms with Crippen LogP contribution in [-0.4, -0.2) is 12.1 Å². The molecule has 19 heavy (non-hydrogen) atoms. The number of anilines is 1. The molecule has 1 rings (SSSR count). The third-order valence-corrected chi connectivity index (χ3v) is 3.01. The van der Waals surface area contributed by atoms with Crippen LogP contribution in [0, 0.1) is 5.82 Å². The lowest BCUT2D eigenvalue weighted by molar-refractivity contribution is 0.0319. The van der Waals surface area contributed by atoms with Gasteiger partial charge < -0.3 is 10.5 Å². The van der Waals surface area contributed by atoms with Crippen molar-refractivity contribution in [3.05, 3.63) is 29.6 Å². The molecule has 3 nitrogen and oxygen atoms in total. The number of hydrogen-bond acceptors (Lipinski definition) is 3. The van der Waals surface area contributed by atoms with Crippen molar-refractivity contribution >= 4 is 11.7 Å². The van der Waals surface area contributed by atoms with Crippen LogP contribution in [0.2, 0.25) is 0 Å². The molecule has 2 N–H and O–H groups in total. The summed E-state index contributed by atoms with van der Waals surface area (Å²) < 4.78 is 18.5. The zero-order valence-corrected chi connectivity index (χ0v) is 11.6. The fraction of sp³-hybridized carbons (Fsp3) is 0.533. The van der Waals surface area contributed by atoms with E-state index in [-0.39, 0.29) is 17.4 Å². The number of benzene rings is 1. The molecule has 0 aliphatic rings. The van der Waals surface area contributed by atoms with Crippen molar-refractivity contribution in [2.45, 2.75) is 52.1 Å². The molecule has 0 saturated heterocycles. The van der Waals surface area contributed by atoms with Gasteiger partial charge in [-0.25, -0.2) is 9.18 Å². The van der Waals surface area contributed by atoms with Gasteiger partial charge in [-0.2, -0.15) is 0 Å². The quantitative estimate of drug-likeness (QED) is 0.462. The summed E-state index contributed by atoms with van der Waals surface area (Å²) in [6.45, 7) is 4.01. The highest BCUT2D eigenvalue weighted by Crippen LogP contribution is 2.15. The van der Waals surface area contributed by atoms with Crippen molar-refractivity contribution in [3.63, 3.8) is 0 Å². The van der Waals surface area contributed by atoms with Crippen LogP contribution in [0.4, 0.5) is 10.1 Å². The van der Waals surface area contributed by atoms with E-state index in [1.54, 1.807) is 0 Å². The smallest absolute Gasteiger partial charge is 0.338 e. The molecule has 0 fully saturated rings. The van der Waals surface area contributed by atoms with E-state index in [4.69, 9.17) is 10.5 Å². The van der Waals surface area contributed by atoms with Crippen molar-refractivity contribution in [1.29, 1.82) is 0 Å². The van der Waals surface area contributed by atoms with E-state index in [1.807, 2.05) is 6.92 Å². The monoisotopic (exact) mass is 267 g/mol. The van der Waals surface area contributed by atoms with Crippen LogP contribution in [0.25, 0.3) is 0 Å². The second kappa shape index (κ2) is 7.77. The molecule has 1 aromatic rings. The molecule has 106 valence electrons. The normalized spacial score (nSPS) is 12.2. The minimum absolute atomic E-state index is 0.0316. The Labute approximate surface area is 113 Å². The molecular formula is C15H22FNO2. The van der Waals surface area contributed by atoms with Gasteiger partial charge in [0.25, 0.3) is 0 Å². The van der Waals surface area contributed by atoms with E-state index >= 15 is 0 Å². The summed E-state index contributed by atoms with van der Waals surface area (Å²) in [6, 6.07) is 3.96. The second-order valence-electron chi connectivity index (χ2n) is 4.80. The molecule has 0 aromatic heterocycles. The van der Waals surface area contributed by atoms with Gasteiger partial charge in [0.1, 0.15) is 5.82 Å². The summed E-state index contributed by atoms with van der Waals surface area (Å²) in [6.07, 6.45) is 5.25. The fourth-order valence-electron chi connectivity index (χ4n) is 1.82. The maximum absolute atomic E-state index is 13.2. The first-order valence-electron chi connectivity index (χ1n) is 6.80. The van der Waals surface area contributed by atoms with Crippen LogP contribution in [0.1, 0.15) is 56.3 Å². The second-order valence-corrected chi connectivity index (χ2v) is 4.80. The van der Waals surface area contributed by atoms with Crippen LogP contribution in [0.15, 0.2) is 18.2 Å². The Balaban J connectivity index is 2.43. The molecule has 4 heteroatoms. The Morgan fingerprint density at radius 3 is 2.74 bits per heavy atom. The predicted molar refractivity (Wildman–Crippen MR) is 74.4 cm³/mol. The predicted octanol–water partition coefficient (Wildman–Crippen LogP) is 3.92. The lowest BCUT2D eigenvalue weighted by Crippen LogP contribution is -2.15. The molecule has 0 aliphatic heterocycles. The zero-order valence-electron chi connectivity index (χ0n) is 11.6. The van der Waals surface area contributed by atoms with Crippen molar-refractivity contribution in [3.8, 4) is 0 Å². The van der Waals surface area contributed by atoms with Crippen LogP contribution in [0.3, 0.4) is 0 Å². The van der Waals surface area contributed by atoms with Crippen LogP contribution in [0.5, 0.6) is 0 Å². The molecule has 1 unspecified atom stereocenters. The number of ether oxygens (including phenoxy) is 1. The van der Waals surface area contributed by atoms with Crippen LogP contribution in [-0.2, 0) is 4.74 Å². The Hall–Kier alpha value is -1.58. The van der Waals surface area contributed by atoms with E-state index in [9.17, 15) is 9.18 Å². The number of rotatable bonds is 7. The average Bonchev–Trinajstić information content (AvgIpc) is 2.38. The highest BCUT2D eigenvalue weighted by Gasteiger charge is 2.13. The van der Waals surface area contributed by atoms with Gasteiger partial charge in [-0.15, -0.1) is 0 Å². The van der Waals surface area contributed by atoms with Gasteiger partial charge in [0.15, 0.2) is 0 Å². The van der Waals surface area contributed by atoms with Gasteiger partial charge in [-0.05, 0) is 38.0 Å². The lowest BCUT2D eigenvalue weighted by Gasteiger charge is -2.13. The standard InChI is InChI=1S/C15H22FNO2/c1-3-4-5-6-7-11(2)19-15(18)12-8-9-14(17)13(16)10-12/h8-11H,3-7,17H2,1-2H3. The largest absolute Gasteiger partial charge is 0.459 e. The summed E-state index contributed by atoms with van der Waals surface area (Å²) in [5.74, 6) is -1.09. The van der Waals surface area contributed by atoms with Gasteiger partial charge in [-0.3, -0.25) is 0 Å². The van der Waals surface area contributed by atoms with E-state index in [1.165, 1.54) is 25.0 Å². The lowest BCUT2D eigenvalue weighted by atomic mass is 10.1. The molecular weight excluding hydrogens is 245 g/mol. The molecule has 0 radical (unpaired) electrons. The molecule has 0 bridgehead atoms. The highest BCUT2D eigenvalue weighted by molar-refractivity contribution is 5.89.